The van der Waals surface area contributed by atoms with Gasteiger partial charge in [0.15, 0.2) is 0 Å². The second kappa shape index (κ2) is 5.64. The highest BCUT2D eigenvalue weighted by Crippen LogP contribution is 2.26. The van der Waals surface area contributed by atoms with Crippen molar-refractivity contribution < 1.29 is 8.78 Å². The Kier molecular flexibility index (Phi) is 4.18. The molecule has 0 saturated carbocycles. The average Bonchev–Trinajstić information content (AvgIpc) is 2.80. The van der Waals surface area contributed by atoms with Crippen LogP contribution in [0.2, 0.25) is 0 Å². The fourth-order valence-electron chi connectivity index (χ4n) is 1.93. The monoisotopic (exact) mass is 243 g/mol. The summed E-state index contributed by atoms with van der Waals surface area (Å²) in [5.41, 5.74) is 1.31. The minimum atomic E-state index is -2.23. The molecular weight excluding hydrogens is 228 g/mol. The maximum atomic E-state index is 12.0. The zero-order valence-corrected chi connectivity index (χ0v) is 9.77. The van der Waals surface area contributed by atoms with Gasteiger partial charge in [-0.1, -0.05) is 12.1 Å². The van der Waals surface area contributed by atoms with Crippen molar-refractivity contribution in [1.29, 1.82) is 0 Å². The molecule has 1 nitrogen and oxygen atoms in total. The zero-order valence-electron chi connectivity index (χ0n) is 8.96. The summed E-state index contributed by atoms with van der Waals surface area (Å²) in [6.07, 6.45) is -1.06. The van der Waals surface area contributed by atoms with Gasteiger partial charge in [0.1, 0.15) is 0 Å². The summed E-state index contributed by atoms with van der Waals surface area (Å²) in [6, 6.07) is 8.01. The number of hydrogen-bond acceptors (Lipinski definition) is 2. The van der Waals surface area contributed by atoms with E-state index in [2.05, 4.69) is 17.4 Å². The number of hydrogen-bond donors (Lipinski definition) is 1. The van der Waals surface area contributed by atoms with Crippen LogP contribution in [0.3, 0.4) is 0 Å². The fourth-order valence-corrected chi connectivity index (χ4v) is 2.58. The van der Waals surface area contributed by atoms with E-state index in [0.29, 0.717) is 5.92 Å². The van der Waals surface area contributed by atoms with Crippen LogP contribution in [-0.4, -0.2) is 25.3 Å². The van der Waals surface area contributed by atoms with Gasteiger partial charge in [0.2, 0.25) is 6.43 Å². The van der Waals surface area contributed by atoms with Crippen LogP contribution in [-0.2, 0) is 0 Å². The van der Waals surface area contributed by atoms with Gasteiger partial charge in [-0.3, -0.25) is 0 Å². The second-order valence-corrected chi connectivity index (χ2v) is 5.05. The Morgan fingerprint density at radius 3 is 2.62 bits per heavy atom. The maximum absolute atomic E-state index is 12.0. The normalized spacial score (nSPS) is 20.6. The van der Waals surface area contributed by atoms with Crippen LogP contribution in [0.1, 0.15) is 17.9 Å². The molecule has 1 atom stereocenters. The van der Waals surface area contributed by atoms with E-state index in [0.717, 1.165) is 18.0 Å². The maximum Gasteiger partial charge on any atom is 0.247 e. The molecule has 1 saturated heterocycles. The van der Waals surface area contributed by atoms with Gasteiger partial charge in [0, 0.05) is 11.4 Å². The van der Waals surface area contributed by atoms with E-state index >= 15 is 0 Å². The van der Waals surface area contributed by atoms with Crippen LogP contribution in [0.5, 0.6) is 0 Å². The first kappa shape index (κ1) is 11.9. The third kappa shape index (κ3) is 3.19. The Labute approximate surface area is 98.6 Å². The molecule has 16 heavy (non-hydrogen) atoms. The van der Waals surface area contributed by atoms with Crippen molar-refractivity contribution in [3.63, 3.8) is 0 Å². The van der Waals surface area contributed by atoms with Crippen LogP contribution in [0, 0.1) is 0 Å². The van der Waals surface area contributed by atoms with Gasteiger partial charge < -0.3 is 5.32 Å². The SMILES string of the molecule is FC(F)CSc1ccc(C2CCNC2)cc1. The summed E-state index contributed by atoms with van der Waals surface area (Å²) in [6.45, 7) is 2.11. The number of thioether (sulfide) groups is 1. The predicted molar refractivity (Wildman–Crippen MR) is 63.4 cm³/mol. The summed E-state index contributed by atoms with van der Waals surface area (Å²) in [5.74, 6) is 0.471. The summed E-state index contributed by atoms with van der Waals surface area (Å²) < 4.78 is 24.0. The number of halogens is 2. The molecule has 1 aliphatic rings. The van der Waals surface area contributed by atoms with E-state index in [4.69, 9.17) is 0 Å². The van der Waals surface area contributed by atoms with Crippen LogP contribution < -0.4 is 5.32 Å². The van der Waals surface area contributed by atoms with Crippen molar-refractivity contribution in [3.05, 3.63) is 29.8 Å². The van der Waals surface area contributed by atoms with Crippen molar-refractivity contribution in [1.82, 2.24) is 5.32 Å². The van der Waals surface area contributed by atoms with Crippen molar-refractivity contribution in [2.75, 3.05) is 18.8 Å². The molecule has 1 fully saturated rings. The number of benzene rings is 1. The number of alkyl halides is 2. The first-order valence-electron chi connectivity index (χ1n) is 5.47. The molecule has 0 radical (unpaired) electrons. The summed E-state index contributed by atoms with van der Waals surface area (Å²) >= 11 is 1.21. The molecule has 1 aromatic rings. The van der Waals surface area contributed by atoms with Crippen molar-refractivity contribution in [3.8, 4) is 0 Å². The molecule has 1 aliphatic heterocycles. The minimum absolute atomic E-state index is 0.121. The smallest absolute Gasteiger partial charge is 0.247 e. The Morgan fingerprint density at radius 2 is 2.06 bits per heavy atom. The molecule has 1 heterocycles. The van der Waals surface area contributed by atoms with E-state index in [9.17, 15) is 8.78 Å². The Balaban J connectivity index is 1.93. The topological polar surface area (TPSA) is 12.0 Å². The molecule has 2 rings (SSSR count). The van der Waals surface area contributed by atoms with Gasteiger partial charge in [-0.15, -0.1) is 11.8 Å². The number of rotatable bonds is 4. The van der Waals surface area contributed by atoms with Gasteiger partial charge >= 0.3 is 0 Å². The largest absolute Gasteiger partial charge is 0.316 e. The average molecular weight is 243 g/mol. The van der Waals surface area contributed by atoms with Crippen LogP contribution in [0.25, 0.3) is 0 Å². The van der Waals surface area contributed by atoms with Gasteiger partial charge in [-0.25, -0.2) is 8.78 Å². The van der Waals surface area contributed by atoms with Crippen LogP contribution in [0.15, 0.2) is 29.2 Å². The lowest BCUT2D eigenvalue weighted by molar-refractivity contribution is 0.177. The van der Waals surface area contributed by atoms with Gasteiger partial charge in [-0.05, 0) is 36.6 Å². The standard InChI is InChI=1S/C12H15F2NS/c13-12(14)8-16-11-3-1-9(2-4-11)10-5-6-15-7-10/h1-4,10,12,15H,5-8H2. The first-order chi connectivity index (χ1) is 7.75. The second-order valence-electron chi connectivity index (χ2n) is 3.96. The van der Waals surface area contributed by atoms with Gasteiger partial charge in [-0.2, -0.15) is 0 Å². The Hall–Kier alpha value is -0.610. The molecular formula is C12H15F2NS. The van der Waals surface area contributed by atoms with Crippen molar-refractivity contribution in [2.45, 2.75) is 23.7 Å². The highest BCUT2D eigenvalue weighted by molar-refractivity contribution is 7.99. The molecule has 1 aromatic carbocycles. The molecule has 0 bridgehead atoms. The molecule has 4 heteroatoms. The van der Waals surface area contributed by atoms with Gasteiger partial charge in [0.05, 0.1) is 5.75 Å². The highest BCUT2D eigenvalue weighted by atomic mass is 32.2. The molecule has 1 unspecified atom stereocenters. The lowest BCUT2D eigenvalue weighted by atomic mass is 9.99. The van der Waals surface area contributed by atoms with Gasteiger partial charge in [0.25, 0.3) is 0 Å². The number of nitrogens with one attached hydrogen (secondary N) is 1. The minimum Gasteiger partial charge on any atom is -0.316 e. The van der Waals surface area contributed by atoms with E-state index in [1.807, 2.05) is 12.1 Å². The summed E-state index contributed by atoms with van der Waals surface area (Å²) in [7, 11) is 0. The molecule has 1 N–H and O–H groups in total. The summed E-state index contributed by atoms with van der Waals surface area (Å²) in [4.78, 5) is 0.926. The molecule has 88 valence electrons. The lowest BCUT2D eigenvalue weighted by Crippen LogP contribution is -2.07. The van der Waals surface area contributed by atoms with E-state index in [1.54, 1.807) is 0 Å². The predicted octanol–water partition coefficient (Wildman–Crippen LogP) is 3.12. The first-order valence-corrected chi connectivity index (χ1v) is 6.46. The fraction of sp³-hybridized carbons (Fsp3) is 0.500. The van der Waals surface area contributed by atoms with Crippen molar-refractivity contribution in [2.24, 2.45) is 0 Å². The highest BCUT2D eigenvalue weighted by Gasteiger charge is 2.16. The van der Waals surface area contributed by atoms with E-state index in [-0.39, 0.29) is 5.75 Å². The lowest BCUT2D eigenvalue weighted by Gasteiger charge is -2.09. The molecule has 0 amide bonds. The van der Waals surface area contributed by atoms with Crippen molar-refractivity contribution >= 4 is 11.8 Å². The molecule has 0 spiro atoms. The third-order valence-corrected chi connectivity index (χ3v) is 3.81. The Morgan fingerprint density at radius 1 is 1.31 bits per heavy atom. The summed E-state index contributed by atoms with van der Waals surface area (Å²) in [5, 5.41) is 3.32. The Bertz CT molecular complexity index is 320. The third-order valence-electron chi connectivity index (χ3n) is 2.79. The van der Waals surface area contributed by atoms with Crippen LogP contribution in [0.4, 0.5) is 8.78 Å². The van der Waals surface area contributed by atoms with Crippen LogP contribution >= 0.6 is 11.8 Å². The zero-order chi connectivity index (χ0) is 11.4. The van der Waals surface area contributed by atoms with E-state index in [1.165, 1.54) is 23.7 Å². The quantitative estimate of drug-likeness (QED) is 0.815. The van der Waals surface area contributed by atoms with E-state index < -0.39 is 6.43 Å². The molecule has 0 aliphatic carbocycles. The molecule has 0 aromatic heterocycles.